The summed E-state index contributed by atoms with van der Waals surface area (Å²) >= 11 is 3.74. The van der Waals surface area contributed by atoms with Gasteiger partial charge in [0.25, 0.3) is 0 Å². The van der Waals surface area contributed by atoms with Crippen LogP contribution in [0, 0.1) is 5.41 Å². The molecule has 0 radical (unpaired) electrons. The Morgan fingerprint density at radius 1 is 1.18 bits per heavy atom. The van der Waals surface area contributed by atoms with Gasteiger partial charge < -0.3 is 4.90 Å². The van der Waals surface area contributed by atoms with Gasteiger partial charge in [-0.15, -0.1) is 0 Å². The molecule has 0 unspecified atom stereocenters. The molecule has 1 aliphatic carbocycles. The van der Waals surface area contributed by atoms with Crippen LogP contribution in [-0.4, -0.2) is 18.4 Å². The van der Waals surface area contributed by atoms with Crippen molar-refractivity contribution >= 4 is 21.6 Å². The van der Waals surface area contributed by atoms with Crippen molar-refractivity contribution in [2.24, 2.45) is 5.41 Å². The van der Waals surface area contributed by atoms with Gasteiger partial charge in [-0.25, -0.2) is 0 Å². The van der Waals surface area contributed by atoms with Crippen molar-refractivity contribution in [1.82, 2.24) is 0 Å². The second-order valence-electron chi connectivity index (χ2n) is 5.19. The van der Waals surface area contributed by atoms with E-state index in [1.165, 1.54) is 37.9 Å². The summed E-state index contributed by atoms with van der Waals surface area (Å²) in [5.74, 6) is 0. The van der Waals surface area contributed by atoms with Crippen molar-refractivity contribution in [3.63, 3.8) is 0 Å². The van der Waals surface area contributed by atoms with Crippen LogP contribution in [0.2, 0.25) is 0 Å². The monoisotopic (exact) mass is 295 g/mol. The number of rotatable bonds is 5. The highest BCUT2D eigenvalue weighted by Crippen LogP contribution is 2.40. The first-order valence-corrected chi connectivity index (χ1v) is 7.78. The van der Waals surface area contributed by atoms with Crippen LogP contribution in [0.1, 0.15) is 32.6 Å². The third kappa shape index (κ3) is 3.04. The molecule has 0 atom stereocenters. The molecule has 0 bridgehead atoms. The molecule has 1 nitrogen and oxygen atoms in total. The lowest BCUT2D eigenvalue weighted by atomic mass is 9.88. The minimum atomic E-state index is 0.506. The van der Waals surface area contributed by atoms with Crippen LogP contribution in [0.25, 0.3) is 0 Å². The highest BCUT2D eigenvalue weighted by atomic mass is 79.9. The molecule has 0 saturated heterocycles. The van der Waals surface area contributed by atoms with E-state index in [1.807, 2.05) is 0 Å². The third-order valence-electron chi connectivity index (χ3n) is 3.98. The summed E-state index contributed by atoms with van der Waals surface area (Å²) in [6.45, 7) is 4.54. The standard InChI is InChI=1S/C15H22BrN/c1-2-17(14-8-4-3-5-9-14)13-15(12-16)10-6-7-11-15/h3-5,8-9H,2,6-7,10-13H2,1H3. The minimum Gasteiger partial charge on any atom is -0.371 e. The van der Waals surface area contributed by atoms with E-state index in [4.69, 9.17) is 0 Å². The van der Waals surface area contributed by atoms with E-state index in [9.17, 15) is 0 Å². The van der Waals surface area contributed by atoms with Crippen molar-refractivity contribution in [2.75, 3.05) is 23.3 Å². The van der Waals surface area contributed by atoms with Crippen LogP contribution in [0.5, 0.6) is 0 Å². The minimum absolute atomic E-state index is 0.506. The second kappa shape index (κ2) is 5.90. The van der Waals surface area contributed by atoms with Crippen LogP contribution < -0.4 is 4.90 Å². The van der Waals surface area contributed by atoms with Gasteiger partial charge in [0.05, 0.1) is 0 Å². The normalized spacial score (nSPS) is 18.2. The Labute approximate surface area is 113 Å². The Morgan fingerprint density at radius 2 is 1.82 bits per heavy atom. The van der Waals surface area contributed by atoms with Gasteiger partial charge in [0.1, 0.15) is 0 Å². The van der Waals surface area contributed by atoms with Crippen molar-refractivity contribution in [1.29, 1.82) is 0 Å². The quantitative estimate of drug-likeness (QED) is 0.725. The second-order valence-corrected chi connectivity index (χ2v) is 5.75. The first kappa shape index (κ1) is 12.9. The molecule has 0 heterocycles. The van der Waals surface area contributed by atoms with Crippen LogP contribution in [-0.2, 0) is 0 Å². The van der Waals surface area contributed by atoms with Crippen LogP contribution >= 0.6 is 15.9 Å². The van der Waals surface area contributed by atoms with Crippen LogP contribution in [0.3, 0.4) is 0 Å². The smallest absolute Gasteiger partial charge is 0.0366 e. The molecule has 1 fully saturated rings. The van der Waals surface area contributed by atoms with Gasteiger partial charge in [-0.2, -0.15) is 0 Å². The molecule has 2 heteroatoms. The maximum atomic E-state index is 3.74. The van der Waals surface area contributed by atoms with E-state index in [-0.39, 0.29) is 0 Å². The fraction of sp³-hybridized carbons (Fsp3) is 0.600. The first-order chi connectivity index (χ1) is 8.29. The molecule has 1 aromatic carbocycles. The summed E-state index contributed by atoms with van der Waals surface area (Å²) in [6, 6.07) is 10.8. The van der Waals surface area contributed by atoms with Crippen molar-refractivity contribution in [3.8, 4) is 0 Å². The molecule has 94 valence electrons. The molecule has 2 rings (SSSR count). The first-order valence-electron chi connectivity index (χ1n) is 6.66. The van der Waals surface area contributed by atoms with Crippen molar-refractivity contribution in [3.05, 3.63) is 30.3 Å². The summed E-state index contributed by atoms with van der Waals surface area (Å²) in [5.41, 5.74) is 1.87. The van der Waals surface area contributed by atoms with Crippen LogP contribution in [0.15, 0.2) is 30.3 Å². The average molecular weight is 296 g/mol. The zero-order valence-corrected chi connectivity index (χ0v) is 12.2. The molecule has 1 aromatic rings. The van der Waals surface area contributed by atoms with E-state index in [0.29, 0.717) is 5.41 Å². The van der Waals surface area contributed by atoms with Gasteiger partial charge in [0.2, 0.25) is 0 Å². The van der Waals surface area contributed by atoms with Crippen molar-refractivity contribution in [2.45, 2.75) is 32.6 Å². The van der Waals surface area contributed by atoms with Gasteiger partial charge in [0.15, 0.2) is 0 Å². The SMILES string of the molecule is CCN(CC1(CBr)CCCC1)c1ccccc1. The number of hydrogen-bond donors (Lipinski definition) is 0. The summed E-state index contributed by atoms with van der Waals surface area (Å²) in [5, 5.41) is 1.14. The lowest BCUT2D eigenvalue weighted by Gasteiger charge is -2.35. The van der Waals surface area contributed by atoms with Gasteiger partial charge >= 0.3 is 0 Å². The number of alkyl halides is 1. The molecule has 0 amide bonds. The summed E-state index contributed by atoms with van der Waals surface area (Å²) in [4.78, 5) is 2.52. The van der Waals surface area contributed by atoms with E-state index in [1.54, 1.807) is 0 Å². The Bertz CT molecular complexity index is 330. The van der Waals surface area contributed by atoms with Crippen LogP contribution in [0.4, 0.5) is 5.69 Å². The van der Waals surface area contributed by atoms with E-state index >= 15 is 0 Å². The molecule has 0 aliphatic heterocycles. The molecule has 1 saturated carbocycles. The Morgan fingerprint density at radius 3 is 2.35 bits per heavy atom. The van der Waals surface area contributed by atoms with E-state index in [2.05, 4.69) is 58.1 Å². The van der Waals surface area contributed by atoms with E-state index in [0.717, 1.165) is 11.9 Å². The summed E-state index contributed by atoms with van der Waals surface area (Å²) in [6.07, 6.45) is 5.55. The molecule has 0 spiro atoms. The highest BCUT2D eigenvalue weighted by molar-refractivity contribution is 9.09. The Balaban J connectivity index is 2.09. The highest BCUT2D eigenvalue weighted by Gasteiger charge is 2.34. The van der Waals surface area contributed by atoms with Gasteiger partial charge in [0, 0.05) is 24.1 Å². The molecule has 0 N–H and O–H groups in total. The van der Waals surface area contributed by atoms with Gasteiger partial charge in [-0.05, 0) is 37.3 Å². The van der Waals surface area contributed by atoms with Gasteiger partial charge in [-0.3, -0.25) is 0 Å². The average Bonchev–Trinajstić information content (AvgIpc) is 2.86. The Hall–Kier alpha value is -0.500. The molecular formula is C15H22BrN. The maximum absolute atomic E-state index is 3.74. The topological polar surface area (TPSA) is 3.24 Å². The number of halogens is 1. The number of anilines is 1. The van der Waals surface area contributed by atoms with Crippen molar-refractivity contribution < 1.29 is 0 Å². The summed E-state index contributed by atoms with van der Waals surface area (Å²) < 4.78 is 0. The fourth-order valence-electron chi connectivity index (χ4n) is 2.89. The largest absolute Gasteiger partial charge is 0.371 e. The maximum Gasteiger partial charge on any atom is 0.0366 e. The van der Waals surface area contributed by atoms with E-state index < -0.39 is 0 Å². The molecular weight excluding hydrogens is 274 g/mol. The fourth-order valence-corrected chi connectivity index (χ4v) is 3.63. The molecule has 0 aromatic heterocycles. The third-order valence-corrected chi connectivity index (χ3v) is 5.17. The number of benzene rings is 1. The Kier molecular flexibility index (Phi) is 4.49. The predicted molar refractivity (Wildman–Crippen MR) is 79.0 cm³/mol. The molecule has 17 heavy (non-hydrogen) atoms. The number of nitrogens with zero attached hydrogens (tertiary/aromatic N) is 1. The zero-order valence-electron chi connectivity index (χ0n) is 10.7. The predicted octanol–water partition coefficient (Wildman–Crippen LogP) is 4.47. The number of hydrogen-bond acceptors (Lipinski definition) is 1. The summed E-state index contributed by atoms with van der Waals surface area (Å²) in [7, 11) is 0. The lowest BCUT2D eigenvalue weighted by molar-refractivity contribution is 0.351. The zero-order chi connectivity index (χ0) is 12.1. The lowest BCUT2D eigenvalue weighted by Crippen LogP contribution is -2.37. The van der Waals surface area contributed by atoms with Gasteiger partial charge in [-0.1, -0.05) is 47.0 Å². The molecule has 1 aliphatic rings. The number of para-hydroxylation sites is 1.